The Morgan fingerprint density at radius 3 is 2.42 bits per heavy atom. The van der Waals surface area contributed by atoms with E-state index in [1.807, 2.05) is 6.07 Å². The van der Waals surface area contributed by atoms with E-state index in [0.29, 0.717) is 22.7 Å². The number of alkyl halides is 3. The molecule has 0 unspecified atom stereocenters. The molecule has 0 spiro atoms. The number of rotatable bonds is 6. The maximum absolute atomic E-state index is 13.6. The van der Waals surface area contributed by atoms with Gasteiger partial charge in [0.2, 0.25) is 5.95 Å². The maximum atomic E-state index is 13.6. The van der Waals surface area contributed by atoms with E-state index in [-0.39, 0.29) is 17.9 Å². The molecule has 0 radical (unpaired) electrons. The lowest BCUT2D eigenvalue weighted by atomic mass is 9.98. The number of ether oxygens (including phenoxy) is 1. The molecule has 33 heavy (non-hydrogen) atoms. The number of benzene rings is 2. The first-order valence-corrected chi connectivity index (χ1v) is 10.7. The third-order valence-electron chi connectivity index (χ3n) is 5.32. The molecule has 1 aliphatic carbocycles. The van der Waals surface area contributed by atoms with Crippen molar-refractivity contribution in [2.45, 2.75) is 44.4 Å². The number of nitrogens with one attached hydrogen (secondary N) is 2. The third kappa shape index (κ3) is 5.92. The van der Waals surface area contributed by atoms with Crippen molar-refractivity contribution < 1.29 is 17.9 Å². The van der Waals surface area contributed by atoms with E-state index in [2.05, 4.69) is 20.6 Å². The van der Waals surface area contributed by atoms with Gasteiger partial charge in [-0.3, -0.25) is 0 Å². The summed E-state index contributed by atoms with van der Waals surface area (Å²) >= 11 is 0. The van der Waals surface area contributed by atoms with E-state index >= 15 is 0 Å². The molecule has 0 aliphatic heterocycles. The van der Waals surface area contributed by atoms with Crippen molar-refractivity contribution in [3.63, 3.8) is 0 Å². The van der Waals surface area contributed by atoms with E-state index in [1.54, 1.807) is 48.5 Å². The molecular weight excluding hydrogens is 431 g/mol. The molecule has 0 bridgehead atoms. The van der Waals surface area contributed by atoms with Gasteiger partial charge in [-0.2, -0.15) is 23.4 Å². The molecule has 1 aromatic heterocycles. The van der Waals surface area contributed by atoms with Crippen LogP contribution in [0.1, 0.15) is 43.2 Å². The summed E-state index contributed by atoms with van der Waals surface area (Å²) in [4.78, 5) is 7.87. The van der Waals surface area contributed by atoms with E-state index in [1.165, 1.54) is 6.42 Å². The molecule has 2 aromatic carbocycles. The monoisotopic (exact) mass is 453 g/mol. The minimum absolute atomic E-state index is 0.00943. The second kappa shape index (κ2) is 9.77. The van der Waals surface area contributed by atoms with Gasteiger partial charge in [-0.05, 0) is 62.1 Å². The largest absolute Gasteiger partial charge is 0.490 e. The van der Waals surface area contributed by atoms with Crippen LogP contribution >= 0.6 is 0 Å². The Labute approximate surface area is 189 Å². The molecule has 0 atom stereocenters. The summed E-state index contributed by atoms with van der Waals surface area (Å²) in [5, 5.41) is 14.5. The Balaban J connectivity index is 1.56. The van der Waals surface area contributed by atoms with Gasteiger partial charge in [0, 0.05) is 23.6 Å². The first-order valence-electron chi connectivity index (χ1n) is 10.7. The lowest BCUT2D eigenvalue weighted by Gasteiger charge is -2.23. The van der Waals surface area contributed by atoms with Crippen LogP contribution in [0.5, 0.6) is 5.75 Å². The van der Waals surface area contributed by atoms with Crippen molar-refractivity contribution in [2.75, 3.05) is 10.6 Å². The highest BCUT2D eigenvalue weighted by Gasteiger charge is 2.35. The third-order valence-corrected chi connectivity index (χ3v) is 5.32. The molecule has 3 aromatic rings. The van der Waals surface area contributed by atoms with E-state index in [4.69, 9.17) is 10.00 Å². The summed E-state index contributed by atoms with van der Waals surface area (Å²) in [6.45, 7) is 0. The SMILES string of the molecule is N#Cc1ccc(Nc2ncc(C(F)(F)F)c(Nc3cccc(OC4CCCCC4)c3)n2)cc1. The maximum Gasteiger partial charge on any atom is 0.421 e. The van der Waals surface area contributed by atoms with Crippen LogP contribution in [-0.4, -0.2) is 16.1 Å². The average Bonchev–Trinajstić information content (AvgIpc) is 2.80. The van der Waals surface area contributed by atoms with Gasteiger partial charge in [0.05, 0.1) is 17.7 Å². The number of hydrogen-bond donors (Lipinski definition) is 2. The van der Waals surface area contributed by atoms with E-state index < -0.39 is 11.7 Å². The van der Waals surface area contributed by atoms with Crippen molar-refractivity contribution in [3.8, 4) is 11.8 Å². The molecule has 4 rings (SSSR count). The molecular formula is C24H22F3N5O. The van der Waals surface area contributed by atoms with Crippen molar-refractivity contribution >= 4 is 23.1 Å². The van der Waals surface area contributed by atoms with Crippen LogP contribution in [0.25, 0.3) is 0 Å². The van der Waals surface area contributed by atoms with E-state index in [9.17, 15) is 13.2 Å². The van der Waals surface area contributed by atoms with Crippen LogP contribution < -0.4 is 15.4 Å². The van der Waals surface area contributed by atoms with Gasteiger partial charge < -0.3 is 15.4 Å². The quantitative estimate of drug-likeness (QED) is 0.439. The number of hydrogen-bond acceptors (Lipinski definition) is 6. The Morgan fingerprint density at radius 1 is 0.970 bits per heavy atom. The summed E-state index contributed by atoms with van der Waals surface area (Å²) in [5.74, 6) is 0.221. The first kappa shape index (κ1) is 22.4. The predicted octanol–water partition coefficient (Wildman–Crippen LogP) is 6.57. The molecule has 0 amide bonds. The smallest absolute Gasteiger partial charge is 0.421 e. The van der Waals surface area contributed by atoms with Gasteiger partial charge in [-0.15, -0.1) is 0 Å². The zero-order chi connectivity index (χ0) is 23.3. The Kier molecular flexibility index (Phi) is 6.63. The summed E-state index contributed by atoms with van der Waals surface area (Å²) < 4.78 is 46.8. The molecule has 0 saturated heterocycles. The summed E-state index contributed by atoms with van der Waals surface area (Å²) in [6, 6.07) is 15.3. The van der Waals surface area contributed by atoms with Crippen LogP contribution in [0.15, 0.2) is 54.7 Å². The van der Waals surface area contributed by atoms with Gasteiger partial charge >= 0.3 is 6.18 Å². The number of anilines is 4. The molecule has 1 saturated carbocycles. The van der Waals surface area contributed by atoms with Crippen LogP contribution in [0.4, 0.5) is 36.3 Å². The molecule has 1 heterocycles. The van der Waals surface area contributed by atoms with Crippen molar-refractivity contribution in [2.24, 2.45) is 0 Å². The molecule has 2 N–H and O–H groups in total. The highest BCUT2D eigenvalue weighted by molar-refractivity contribution is 5.64. The van der Waals surface area contributed by atoms with Gasteiger partial charge in [0.1, 0.15) is 17.1 Å². The molecule has 170 valence electrons. The van der Waals surface area contributed by atoms with Crippen LogP contribution in [0.2, 0.25) is 0 Å². The second-order valence-corrected chi connectivity index (χ2v) is 7.80. The highest BCUT2D eigenvalue weighted by Crippen LogP contribution is 2.36. The van der Waals surface area contributed by atoms with E-state index in [0.717, 1.165) is 31.9 Å². The van der Waals surface area contributed by atoms with Crippen molar-refractivity contribution in [1.29, 1.82) is 5.26 Å². The zero-order valence-corrected chi connectivity index (χ0v) is 17.7. The summed E-state index contributed by atoms with van der Waals surface area (Å²) in [5.41, 5.74) is 0.456. The van der Waals surface area contributed by atoms with Gasteiger partial charge in [-0.1, -0.05) is 12.5 Å². The van der Waals surface area contributed by atoms with Crippen LogP contribution in [0, 0.1) is 11.3 Å². The zero-order valence-electron chi connectivity index (χ0n) is 17.7. The Bertz CT molecular complexity index is 1140. The summed E-state index contributed by atoms with van der Waals surface area (Å²) in [7, 11) is 0. The van der Waals surface area contributed by atoms with Crippen molar-refractivity contribution in [3.05, 3.63) is 65.9 Å². The van der Waals surface area contributed by atoms with Crippen molar-refractivity contribution in [1.82, 2.24) is 9.97 Å². The van der Waals surface area contributed by atoms with Gasteiger partial charge in [-0.25, -0.2) is 4.98 Å². The lowest BCUT2D eigenvalue weighted by molar-refractivity contribution is -0.137. The number of halogens is 3. The molecule has 9 heteroatoms. The van der Waals surface area contributed by atoms with Crippen LogP contribution in [0.3, 0.4) is 0 Å². The highest BCUT2D eigenvalue weighted by atomic mass is 19.4. The average molecular weight is 453 g/mol. The number of aromatic nitrogens is 2. The van der Waals surface area contributed by atoms with Gasteiger partial charge in [0.25, 0.3) is 0 Å². The second-order valence-electron chi connectivity index (χ2n) is 7.80. The predicted molar refractivity (Wildman–Crippen MR) is 119 cm³/mol. The van der Waals surface area contributed by atoms with Crippen LogP contribution in [-0.2, 0) is 6.18 Å². The minimum atomic E-state index is -4.63. The minimum Gasteiger partial charge on any atom is -0.490 e. The summed E-state index contributed by atoms with van der Waals surface area (Å²) in [6.07, 6.45) is 1.63. The fraction of sp³-hybridized carbons (Fsp3) is 0.292. The molecule has 1 aliphatic rings. The standard InChI is InChI=1S/C24H22F3N5O/c25-24(26,27)21-15-29-23(31-17-11-9-16(14-28)10-12-17)32-22(21)30-18-5-4-8-20(13-18)33-19-6-2-1-3-7-19/h4-5,8-13,15,19H,1-3,6-7H2,(H2,29,30,31,32). The molecule has 6 nitrogen and oxygen atoms in total. The Morgan fingerprint density at radius 2 is 1.73 bits per heavy atom. The fourth-order valence-corrected chi connectivity index (χ4v) is 3.66. The normalized spacial score (nSPS) is 14.4. The Hall–Kier alpha value is -3.80. The number of nitriles is 1. The molecule has 1 fully saturated rings. The fourth-order valence-electron chi connectivity index (χ4n) is 3.66. The first-order chi connectivity index (χ1) is 15.9. The lowest BCUT2D eigenvalue weighted by Crippen LogP contribution is -2.19. The topological polar surface area (TPSA) is 82.9 Å². The van der Waals surface area contributed by atoms with Gasteiger partial charge in [0.15, 0.2) is 0 Å². The number of nitrogens with zero attached hydrogens (tertiary/aromatic N) is 3.